The number of carbonyl (C=O) groups is 1. The fourth-order valence-corrected chi connectivity index (χ4v) is 1.99. The van der Waals surface area contributed by atoms with Crippen LogP contribution < -0.4 is 5.32 Å². The summed E-state index contributed by atoms with van der Waals surface area (Å²) in [4.78, 5) is 15.8. The first-order valence-electron chi connectivity index (χ1n) is 5.12. The third-order valence-electron chi connectivity index (χ3n) is 2.80. The molecular formula is C11H9Cl2N3O. The first kappa shape index (κ1) is 12.2. The van der Waals surface area contributed by atoms with Crippen molar-refractivity contribution < 1.29 is 4.79 Å². The molecule has 88 valence electrons. The van der Waals surface area contributed by atoms with E-state index in [0.717, 1.165) is 6.42 Å². The van der Waals surface area contributed by atoms with Crippen LogP contribution in [0.4, 0.5) is 0 Å². The Labute approximate surface area is 109 Å². The van der Waals surface area contributed by atoms with Crippen molar-refractivity contribution in [2.24, 2.45) is 0 Å². The molecule has 1 amide bonds. The van der Waals surface area contributed by atoms with Crippen LogP contribution in [0.2, 0.25) is 10.2 Å². The zero-order chi connectivity index (χ0) is 12.5. The molecular weight excluding hydrogens is 261 g/mol. The predicted molar refractivity (Wildman–Crippen MR) is 63.9 cm³/mol. The largest absolute Gasteiger partial charge is 0.332 e. The van der Waals surface area contributed by atoms with E-state index in [4.69, 9.17) is 28.5 Å². The van der Waals surface area contributed by atoms with Crippen LogP contribution in [0, 0.1) is 11.3 Å². The molecule has 0 atom stereocenters. The van der Waals surface area contributed by atoms with Crippen LogP contribution in [-0.4, -0.2) is 16.4 Å². The third-order valence-corrected chi connectivity index (χ3v) is 3.32. The Kier molecular flexibility index (Phi) is 3.23. The highest BCUT2D eigenvalue weighted by Crippen LogP contribution is 2.31. The second kappa shape index (κ2) is 4.52. The normalized spacial score (nSPS) is 16.8. The van der Waals surface area contributed by atoms with Gasteiger partial charge in [0.25, 0.3) is 5.91 Å². The third kappa shape index (κ3) is 2.36. The Morgan fingerprint density at radius 1 is 1.47 bits per heavy atom. The molecule has 0 aliphatic heterocycles. The topological polar surface area (TPSA) is 65.8 Å². The first-order valence-corrected chi connectivity index (χ1v) is 5.88. The molecule has 6 heteroatoms. The lowest BCUT2D eigenvalue weighted by atomic mass is 9.78. The number of nitrogens with one attached hydrogen (secondary N) is 1. The van der Waals surface area contributed by atoms with Crippen LogP contribution in [0.3, 0.4) is 0 Å². The molecule has 17 heavy (non-hydrogen) atoms. The number of carbonyl (C=O) groups excluding carboxylic acids is 1. The second-order valence-corrected chi connectivity index (χ2v) is 4.76. The van der Waals surface area contributed by atoms with E-state index in [9.17, 15) is 4.79 Å². The molecule has 1 aliphatic rings. The van der Waals surface area contributed by atoms with Gasteiger partial charge in [0, 0.05) is 0 Å². The van der Waals surface area contributed by atoms with Crippen molar-refractivity contribution in [3.63, 3.8) is 0 Å². The van der Waals surface area contributed by atoms with Crippen molar-refractivity contribution in [2.75, 3.05) is 0 Å². The minimum Gasteiger partial charge on any atom is -0.332 e. The summed E-state index contributed by atoms with van der Waals surface area (Å²) in [5, 5.41) is 12.1. The standard InChI is InChI=1S/C11H9Cl2N3O/c12-7-2-3-8(13)15-9(7)10(17)16-11(6-14)4-1-5-11/h2-3H,1,4-5H2,(H,16,17). The Balaban J connectivity index is 2.20. The monoisotopic (exact) mass is 269 g/mol. The van der Waals surface area contributed by atoms with Gasteiger partial charge in [-0.1, -0.05) is 23.2 Å². The van der Waals surface area contributed by atoms with Crippen LogP contribution in [0.25, 0.3) is 0 Å². The maximum absolute atomic E-state index is 11.9. The number of amides is 1. The number of nitriles is 1. The molecule has 1 aliphatic carbocycles. The summed E-state index contributed by atoms with van der Waals surface area (Å²) in [5.74, 6) is -0.459. The quantitative estimate of drug-likeness (QED) is 0.840. The number of nitrogens with zero attached hydrogens (tertiary/aromatic N) is 2. The van der Waals surface area contributed by atoms with Gasteiger partial charge in [-0.2, -0.15) is 5.26 Å². The van der Waals surface area contributed by atoms with Gasteiger partial charge in [-0.25, -0.2) is 4.98 Å². The Bertz CT molecular complexity index is 506. The minimum absolute atomic E-state index is 0.0562. The van der Waals surface area contributed by atoms with Crippen molar-refractivity contribution in [1.29, 1.82) is 5.26 Å². The lowest BCUT2D eigenvalue weighted by Gasteiger charge is -2.35. The van der Waals surface area contributed by atoms with Gasteiger partial charge in [0.2, 0.25) is 0 Å². The molecule has 0 aromatic carbocycles. The van der Waals surface area contributed by atoms with Gasteiger partial charge in [-0.3, -0.25) is 4.79 Å². The van der Waals surface area contributed by atoms with E-state index >= 15 is 0 Å². The van der Waals surface area contributed by atoms with Gasteiger partial charge in [0.1, 0.15) is 16.4 Å². The zero-order valence-electron chi connectivity index (χ0n) is 8.83. The lowest BCUT2D eigenvalue weighted by Crippen LogP contribution is -2.52. The molecule has 0 spiro atoms. The van der Waals surface area contributed by atoms with E-state index in [0.29, 0.717) is 12.8 Å². The van der Waals surface area contributed by atoms with Crippen LogP contribution in [-0.2, 0) is 0 Å². The van der Waals surface area contributed by atoms with E-state index in [1.165, 1.54) is 12.1 Å². The fraction of sp³-hybridized carbons (Fsp3) is 0.364. The minimum atomic E-state index is -0.760. The maximum Gasteiger partial charge on any atom is 0.272 e. The molecule has 1 heterocycles. The summed E-state index contributed by atoms with van der Waals surface area (Å²) >= 11 is 11.6. The molecule has 2 rings (SSSR count). The zero-order valence-corrected chi connectivity index (χ0v) is 10.3. The van der Waals surface area contributed by atoms with E-state index in [2.05, 4.69) is 16.4 Å². The summed E-state index contributed by atoms with van der Waals surface area (Å²) in [5.41, 5.74) is -0.703. The van der Waals surface area contributed by atoms with Crippen LogP contribution >= 0.6 is 23.2 Å². The van der Waals surface area contributed by atoms with Gasteiger partial charge in [0.05, 0.1) is 11.1 Å². The fourth-order valence-electron chi connectivity index (χ4n) is 1.65. The summed E-state index contributed by atoms with van der Waals surface area (Å²) in [6, 6.07) is 5.12. The molecule has 1 saturated carbocycles. The first-order chi connectivity index (χ1) is 8.06. The second-order valence-electron chi connectivity index (χ2n) is 3.97. The smallest absolute Gasteiger partial charge is 0.272 e. The highest BCUT2D eigenvalue weighted by atomic mass is 35.5. The summed E-state index contributed by atoms with van der Waals surface area (Å²) in [6.45, 7) is 0. The number of halogens is 2. The van der Waals surface area contributed by atoms with Crippen molar-refractivity contribution in [1.82, 2.24) is 10.3 Å². The van der Waals surface area contributed by atoms with Crippen molar-refractivity contribution in [3.05, 3.63) is 28.0 Å². The molecule has 0 unspecified atom stereocenters. The lowest BCUT2D eigenvalue weighted by molar-refractivity contribution is 0.0876. The highest BCUT2D eigenvalue weighted by Gasteiger charge is 2.39. The maximum atomic E-state index is 11.9. The molecule has 0 radical (unpaired) electrons. The Morgan fingerprint density at radius 3 is 2.71 bits per heavy atom. The SMILES string of the molecule is N#CC1(NC(=O)c2nc(Cl)ccc2Cl)CCC1. The molecule has 0 bridgehead atoms. The van der Waals surface area contributed by atoms with Crippen LogP contribution in [0.5, 0.6) is 0 Å². The molecule has 4 nitrogen and oxygen atoms in total. The summed E-state index contributed by atoms with van der Waals surface area (Å²) < 4.78 is 0. The number of hydrogen-bond acceptors (Lipinski definition) is 3. The van der Waals surface area contributed by atoms with Crippen LogP contribution in [0.1, 0.15) is 29.8 Å². The average Bonchev–Trinajstić information content (AvgIpc) is 2.26. The Hall–Kier alpha value is -1.31. The van der Waals surface area contributed by atoms with E-state index in [-0.39, 0.29) is 15.9 Å². The number of pyridine rings is 1. The van der Waals surface area contributed by atoms with Gasteiger partial charge >= 0.3 is 0 Å². The number of rotatable bonds is 2. The van der Waals surface area contributed by atoms with Gasteiger partial charge in [0.15, 0.2) is 0 Å². The molecule has 1 fully saturated rings. The van der Waals surface area contributed by atoms with Crippen LogP contribution in [0.15, 0.2) is 12.1 Å². The summed E-state index contributed by atoms with van der Waals surface area (Å²) in [7, 11) is 0. The predicted octanol–water partition coefficient (Wildman–Crippen LogP) is 2.56. The van der Waals surface area contributed by atoms with Crippen molar-refractivity contribution >= 4 is 29.1 Å². The molecule has 0 saturated heterocycles. The number of hydrogen-bond donors (Lipinski definition) is 1. The Morgan fingerprint density at radius 2 is 2.18 bits per heavy atom. The van der Waals surface area contributed by atoms with Gasteiger partial charge in [-0.15, -0.1) is 0 Å². The average molecular weight is 270 g/mol. The molecule has 1 aromatic heterocycles. The van der Waals surface area contributed by atoms with Crippen molar-refractivity contribution in [3.8, 4) is 6.07 Å². The van der Waals surface area contributed by atoms with Crippen molar-refractivity contribution in [2.45, 2.75) is 24.8 Å². The van der Waals surface area contributed by atoms with Gasteiger partial charge < -0.3 is 5.32 Å². The number of aromatic nitrogens is 1. The summed E-state index contributed by atoms with van der Waals surface area (Å²) in [6.07, 6.45) is 2.26. The highest BCUT2D eigenvalue weighted by molar-refractivity contribution is 6.34. The van der Waals surface area contributed by atoms with Gasteiger partial charge in [-0.05, 0) is 31.4 Å². The molecule has 1 N–H and O–H groups in total. The van der Waals surface area contributed by atoms with E-state index < -0.39 is 11.4 Å². The molecule has 1 aromatic rings. The van der Waals surface area contributed by atoms with E-state index in [1.807, 2.05) is 0 Å². The van der Waals surface area contributed by atoms with E-state index in [1.54, 1.807) is 0 Å².